The fourth-order valence-corrected chi connectivity index (χ4v) is 2.56. The summed E-state index contributed by atoms with van der Waals surface area (Å²) in [4.78, 5) is 18.5. The molecule has 106 valence electrons. The van der Waals surface area contributed by atoms with E-state index in [9.17, 15) is 4.79 Å². The molecule has 0 saturated carbocycles. The van der Waals surface area contributed by atoms with Gasteiger partial charge >= 0.3 is 0 Å². The molecule has 1 aromatic heterocycles. The number of hydrogen-bond donors (Lipinski definition) is 2. The zero-order valence-corrected chi connectivity index (χ0v) is 12.6. The SMILES string of the molecule is CC(NC(=O)c1cc(N)ccc1N(C)C)c1nccs1. The van der Waals surface area contributed by atoms with Crippen molar-refractivity contribution in [3.05, 3.63) is 40.3 Å². The number of rotatable bonds is 4. The number of carbonyl (C=O) groups excluding carboxylic acids is 1. The summed E-state index contributed by atoms with van der Waals surface area (Å²) in [5, 5.41) is 5.72. The maximum absolute atomic E-state index is 12.4. The molecule has 1 unspecified atom stereocenters. The van der Waals surface area contributed by atoms with Crippen LogP contribution in [0.3, 0.4) is 0 Å². The van der Waals surface area contributed by atoms with E-state index in [1.54, 1.807) is 18.3 Å². The molecule has 0 aliphatic heterocycles. The third-order valence-electron chi connectivity index (χ3n) is 2.92. The van der Waals surface area contributed by atoms with Gasteiger partial charge < -0.3 is 16.0 Å². The third-order valence-corrected chi connectivity index (χ3v) is 3.87. The molecule has 5 nitrogen and oxygen atoms in total. The number of carbonyl (C=O) groups is 1. The summed E-state index contributed by atoms with van der Waals surface area (Å²) in [5.74, 6) is -0.149. The number of thiazole rings is 1. The van der Waals surface area contributed by atoms with Gasteiger partial charge in [0.05, 0.1) is 11.6 Å². The summed E-state index contributed by atoms with van der Waals surface area (Å²) in [7, 11) is 3.79. The highest BCUT2D eigenvalue weighted by atomic mass is 32.1. The van der Waals surface area contributed by atoms with Gasteiger partial charge in [0.1, 0.15) is 5.01 Å². The number of benzene rings is 1. The molecule has 1 amide bonds. The van der Waals surface area contributed by atoms with E-state index >= 15 is 0 Å². The smallest absolute Gasteiger partial charge is 0.254 e. The molecule has 2 rings (SSSR count). The molecule has 0 aliphatic rings. The Hall–Kier alpha value is -2.08. The summed E-state index contributed by atoms with van der Waals surface area (Å²) in [6.45, 7) is 1.92. The minimum Gasteiger partial charge on any atom is -0.399 e. The summed E-state index contributed by atoms with van der Waals surface area (Å²) in [6, 6.07) is 5.20. The Morgan fingerprint density at radius 3 is 2.80 bits per heavy atom. The normalized spacial score (nSPS) is 11.9. The van der Waals surface area contributed by atoms with Gasteiger partial charge in [-0.1, -0.05) is 0 Å². The van der Waals surface area contributed by atoms with Crippen LogP contribution in [0.4, 0.5) is 11.4 Å². The first-order valence-corrected chi connectivity index (χ1v) is 7.14. The molecule has 0 aliphatic carbocycles. The van der Waals surface area contributed by atoms with E-state index in [1.165, 1.54) is 11.3 Å². The van der Waals surface area contributed by atoms with Gasteiger partial charge in [0.2, 0.25) is 0 Å². The lowest BCUT2D eigenvalue weighted by Gasteiger charge is -2.19. The van der Waals surface area contributed by atoms with Crippen LogP contribution >= 0.6 is 11.3 Å². The Balaban J connectivity index is 2.22. The van der Waals surface area contributed by atoms with Crippen LogP contribution in [0.15, 0.2) is 29.8 Å². The maximum atomic E-state index is 12.4. The van der Waals surface area contributed by atoms with Gasteiger partial charge in [0.25, 0.3) is 5.91 Å². The number of hydrogen-bond acceptors (Lipinski definition) is 5. The van der Waals surface area contributed by atoms with Gasteiger partial charge in [-0.05, 0) is 25.1 Å². The fourth-order valence-electron chi connectivity index (χ4n) is 1.91. The van der Waals surface area contributed by atoms with Crippen molar-refractivity contribution in [1.82, 2.24) is 10.3 Å². The highest BCUT2D eigenvalue weighted by molar-refractivity contribution is 7.09. The lowest BCUT2D eigenvalue weighted by Crippen LogP contribution is -2.28. The Labute approximate surface area is 122 Å². The predicted octanol–water partition coefficient (Wildman–Crippen LogP) is 2.28. The minimum atomic E-state index is -0.149. The monoisotopic (exact) mass is 290 g/mol. The van der Waals surface area contributed by atoms with E-state index in [-0.39, 0.29) is 11.9 Å². The molecular formula is C14H18N4OS. The van der Waals surface area contributed by atoms with Gasteiger partial charge in [-0.2, -0.15) is 0 Å². The van der Waals surface area contributed by atoms with Crippen LogP contribution in [0, 0.1) is 0 Å². The molecule has 6 heteroatoms. The van der Waals surface area contributed by atoms with E-state index in [4.69, 9.17) is 5.73 Å². The van der Waals surface area contributed by atoms with Crippen molar-refractivity contribution in [1.29, 1.82) is 0 Å². The topological polar surface area (TPSA) is 71.2 Å². The molecule has 0 saturated heterocycles. The van der Waals surface area contributed by atoms with Crippen molar-refractivity contribution >= 4 is 28.6 Å². The minimum absolute atomic E-state index is 0.126. The standard InChI is InChI=1S/C14H18N4OS/c1-9(14-16-6-7-20-14)17-13(19)11-8-10(15)4-5-12(11)18(2)3/h4-9H,15H2,1-3H3,(H,17,19). The quantitative estimate of drug-likeness (QED) is 0.847. The van der Waals surface area contributed by atoms with E-state index in [0.29, 0.717) is 11.3 Å². The molecule has 1 aromatic carbocycles. The van der Waals surface area contributed by atoms with Crippen molar-refractivity contribution < 1.29 is 4.79 Å². The van der Waals surface area contributed by atoms with Crippen molar-refractivity contribution in [2.75, 3.05) is 24.7 Å². The maximum Gasteiger partial charge on any atom is 0.254 e. The zero-order valence-electron chi connectivity index (χ0n) is 11.8. The molecule has 1 atom stereocenters. The highest BCUT2D eigenvalue weighted by Crippen LogP contribution is 2.23. The van der Waals surface area contributed by atoms with E-state index in [0.717, 1.165) is 10.7 Å². The van der Waals surface area contributed by atoms with E-state index < -0.39 is 0 Å². The Morgan fingerprint density at radius 1 is 1.45 bits per heavy atom. The van der Waals surface area contributed by atoms with Crippen LogP contribution in [-0.4, -0.2) is 25.0 Å². The summed E-state index contributed by atoms with van der Waals surface area (Å²) < 4.78 is 0. The third kappa shape index (κ3) is 3.08. The van der Waals surface area contributed by atoms with E-state index in [2.05, 4.69) is 10.3 Å². The van der Waals surface area contributed by atoms with Gasteiger partial charge in [0.15, 0.2) is 0 Å². The molecule has 0 bridgehead atoms. The van der Waals surface area contributed by atoms with Crippen LogP contribution < -0.4 is 16.0 Å². The molecule has 1 heterocycles. The largest absolute Gasteiger partial charge is 0.399 e. The summed E-state index contributed by atoms with van der Waals surface area (Å²) in [6.07, 6.45) is 1.73. The zero-order chi connectivity index (χ0) is 14.7. The van der Waals surface area contributed by atoms with Crippen molar-refractivity contribution in [3.8, 4) is 0 Å². The molecule has 20 heavy (non-hydrogen) atoms. The van der Waals surface area contributed by atoms with Crippen LogP contribution in [0.2, 0.25) is 0 Å². The number of anilines is 2. The first kappa shape index (κ1) is 14.3. The van der Waals surface area contributed by atoms with Crippen molar-refractivity contribution in [2.45, 2.75) is 13.0 Å². The van der Waals surface area contributed by atoms with Crippen LogP contribution in [0.1, 0.15) is 28.3 Å². The van der Waals surface area contributed by atoms with Gasteiger partial charge in [0, 0.05) is 37.0 Å². The number of aromatic nitrogens is 1. The average molecular weight is 290 g/mol. The second kappa shape index (κ2) is 5.92. The van der Waals surface area contributed by atoms with Crippen LogP contribution in [0.25, 0.3) is 0 Å². The van der Waals surface area contributed by atoms with Gasteiger partial charge in [-0.25, -0.2) is 4.98 Å². The second-order valence-corrected chi connectivity index (χ2v) is 5.66. The number of nitrogens with zero attached hydrogens (tertiary/aromatic N) is 2. The van der Waals surface area contributed by atoms with Crippen molar-refractivity contribution in [2.24, 2.45) is 0 Å². The Morgan fingerprint density at radius 2 is 2.20 bits per heavy atom. The average Bonchev–Trinajstić information content (AvgIpc) is 2.92. The molecular weight excluding hydrogens is 272 g/mol. The van der Waals surface area contributed by atoms with Crippen molar-refractivity contribution in [3.63, 3.8) is 0 Å². The highest BCUT2D eigenvalue weighted by Gasteiger charge is 2.17. The fraction of sp³-hybridized carbons (Fsp3) is 0.286. The summed E-state index contributed by atoms with van der Waals surface area (Å²) in [5.41, 5.74) is 7.76. The Kier molecular flexibility index (Phi) is 4.24. The Bertz CT molecular complexity index is 595. The molecule has 0 fully saturated rings. The van der Waals surface area contributed by atoms with Gasteiger partial charge in [-0.3, -0.25) is 4.79 Å². The van der Waals surface area contributed by atoms with E-state index in [1.807, 2.05) is 37.4 Å². The second-order valence-electron chi connectivity index (χ2n) is 4.74. The van der Waals surface area contributed by atoms with Gasteiger partial charge in [-0.15, -0.1) is 11.3 Å². The molecule has 0 spiro atoms. The lowest BCUT2D eigenvalue weighted by molar-refractivity contribution is 0.0940. The molecule has 0 radical (unpaired) electrons. The number of nitrogen functional groups attached to an aromatic ring is 1. The number of amides is 1. The van der Waals surface area contributed by atoms with Crippen LogP contribution in [0.5, 0.6) is 0 Å². The molecule has 2 aromatic rings. The number of nitrogens with two attached hydrogens (primary N) is 1. The first-order chi connectivity index (χ1) is 9.49. The molecule has 3 N–H and O–H groups in total. The van der Waals surface area contributed by atoms with Crippen LogP contribution in [-0.2, 0) is 0 Å². The number of nitrogens with one attached hydrogen (secondary N) is 1. The first-order valence-electron chi connectivity index (χ1n) is 6.26. The summed E-state index contributed by atoms with van der Waals surface area (Å²) >= 11 is 1.52. The predicted molar refractivity (Wildman–Crippen MR) is 83.2 cm³/mol. The lowest BCUT2D eigenvalue weighted by atomic mass is 10.1.